The van der Waals surface area contributed by atoms with Crippen LogP contribution in [0.1, 0.15) is 0 Å². The summed E-state index contributed by atoms with van der Waals surface area (Å²) in [5.41, 5.74) is 0.291. The number of benzene rings is 1. The summed E-state index contributed by atoms with van der Waals surface area (Å²) in [6.07, 6.45) is 0. The van der Waals surface area contributed by atoms with Gasteiger partial charge in [0.2, 0.25) is 0 Å². The Balaban J connectivity index is 2.95. The van der Waals surface area contributed by atoms with Crippen LogP contribution >= 0.6 is 8.61 Å². The van der Waals surface area contributed by atoms with E-state index < -0.39 is 13.6 Å². The lowest BCUT2D eigenvalue weighted by Crippen LogP contribution is -2.18. The molecule has 6 heteroatoms. The molecule has 0 spiro atoms. The lowest BCUT2D eigenvalue weighted by Gasteiger charge is -2.02. The van der Waals surface area contributed by atoms with Crippen molar-refractivity contribution in [1.82, 2.24) is 0 Å². The SMILES string of the molecule is O=PN(c1ccccc1)[N+](=O)[O-]. The van der Waals surface area contributed by atoms with E-state index in [1.54, 1.807) is 18.2 Å². The van der Waals surface area contributed by atoms with Crippen molar-refractivity contribution in [2.45, 2.75) is 0 Å². The van der Waals surface area contributed by atoms with Gasteiger partial charge in [0.1, 0.15) is 5.69 Å². The quantitative estimate of drug-likeness (QED) is 0.408. The number of hydrazine groups is 1. The van der Waals surface area contributed by atoms with E-state index in [2.05, 4.69) is 0 Å². The zero-order chi connectivity index (χ0) is 8.97. The molecule has 0 N–H and O–H groups in total. The number of rotatable bonds is 3. The second-order valence-corrected chi connectivity index (χ2v) is 2.49. The summed E-state index contributed by atoms with van der Waals surface area (Å²) in [5.74, 6) is 0. The van der Waals surface area contributed by atoms with Crippen LogP contribution in [-0.2, 0) is 4.57 Å². The molecule has 0 unspecified atom stereocenters. The van der Waals surface area contributed by atoms with E-state index in [0.717, 1.165) is 0 Å². The third-order valence-corrected chi connectivity index (χ3v) is 1.75. The largest absolute Gasteiger partial charge is 0.350 e. The third-order valence-electron chi connectivity index (χ3n) is 1.22. The summed E-state index contributed by atoms with van der Waals surface area (Å²) in [5, 5.41) is 9.52. The minimum Gasteiger partial charge on any atom is -0.243 e. The number of para-hydroxylation sites is 1. The monoisotopic (exact) mass is 184 g/mol. The van der Waals surface area contributed by atoms with E-state index in [0.29, 0.717) is 10.5 Å². The minimum atomic E-state index is -0.732. The van der Waals surface area contributed by atoms with Crippen LogP contribution in [0.4, 0.5) is 5.69 Å². The molecule has 12 heavy (non-hydrogen) atoms. The highest BCUT2D eigenvalue weighted by Gasteiger charge is 2.16. The van der Waals surface area contributed by atoms with Crippen molar-refractivity contribution in [3.05, 3.63) is 40.4 Å². The molecule has 0 radical (unpaired) electrons. The van der Waals surface area contributed by atoms with E-state index in [9.17, 15) is 14.7 Å². The lowest BCUT2D eigenvalue weighted by molar-refractivity contribution is -0.473. The molecule has 62 valence electrons. The molecule has 1 aromatic rings. The first kappa shape index (κ1) is 8.62. The van der Waals surface area contributed by atoms with Crippen molar-refractivity contribution < 1.29 is 9.60 Å². The van der Waals surface area contributed by atoms with E-state index in [1.165, 1.54) is 12.1 Å². The van der Waals surface area contributed by atoms with Crippen LogP contribution in [0.15, 0.2) is 30.3 Å². The molecule has 0 amide bonds. The van der Waals surface area contributed by atoms with E-state index >= 15 is 0 Å². The van der Waals surface area contributed by atoms with Gasteiger partial charge in [0, 0.05) is 0 Å². The molecule has 0 saturated heterocycles. The summed E-state index contributed by atoms with van der Waals surface area (Å²) < 4.78 is 10.8. The third kappa shape index (κ3) is 1.77. The van der Waals surface area contributed by atoms with Gasteiger partial charge in [-0.25, -0.2) is 14.7 Å². The van der Waals surface area contributed by atoms with Crippen LogP contribution in [0.2, 0.25) is 0 Å². The molecule has 0 fully saturated rings. The van der Waals surface area contributed by atoms with Gasteiger partial charge in [-0.3, -0.25) is 0 Å². The van der Waals surface area contributed by atoms with Gasteiger partial charge in [0.25, 0.3) is 0 Å². The van der Waals surface area contributed by atoms with Gasteiger partial charge < -0.3 is 0 Å². The topological polar surface area (TPSA) is 63.5 Å². The van der Waals surface area contributed by atoms with Crippen LogP contribution in [0.3, 0.4) is 0 Å². The predicted octanol–water partition coefficient (Wildman–Crippen LogP) is 1.89. The van der Waals surface area contributed by atoms with Gasteiger partial charge in [-0.2, -0.15) is 0 Å². The van der Waals surface area contributed by atoms with E-state index in [-0.39, 0.29) is 0 Å². The molecule has 5 nitrogen and oxygen atoms in total. The zero-order valence-electron chi connectivity index (χ0n) is 5.95. The standard InChI is InChI=1S/C6H5N2O3P/c9-8(10)7(12-11)6-4-2-1-3-5-6/h1-5H. The summed E-state index contributed by atoms with van der Waals surface area (Å²) in [6, 6.07) is 8.01. The Labute approximate surface area is 70.0 Å². The van der Waals surface area contributed by atoms with Gasteiger partial charge in [0.05, 0.1) is 0 Å². The number of hydrogen-bond acceptors (Lipinski definition) is 3. The molecule has 1 aromatic carbocycles. The van der Waals surface area contributed by atoms with Crippen molar-refractivity contribution >= 4 is 14.3 Å². The fraction of sp³-hybridized carbons (Fsp3) is 0. The Kier molecular flexibility index (Phi) is 2.71. The maximum absolute atomic E-state index is 10.3. The number of nitro groups is 1. The second kappa shape index (κ2) is 3.78. The van der Waals surface area contributed by atoms with Crippen LogP contribution in [0, 0.1) is 10.1 Å². The van der Waals surface area contributed by atoms with Crippen molar-refractivity contribution in [1.29, 1.82) is 0 Å². The Morgan fingerprint density at radius 1 is 1.33 bits per heavy atom. The Morgan fingerprint density at radius 3 is 2.33 bits per heavy atom. The molecular formula is C6H5N2O3P. The fourth-order valence-corrected chi connectivity index (χ4v) is 1.02. The first-order valence-electron chi connectivity index (χ1n) is 3.08. The predicted molar refractivity (Wildman–Crippen MR) is 43.5 cm³/mol. The molecule has 0 aliphatic rings. The average Bonchev–Trinajstić information content (AvgIpc) is 2.07. The highest BCUT2D eigenvalue weighted by molar-refractivity contribution is 7.25. The summed E-state index contributed by atoms with van der Waals surface area (Å²) in [7, 11) is -0.647. The average molecular weight is 184 g/mol. The molecule has 0 saturated carbocycles. The van der Waals surface area contributed by atoms with Crippen molar-refractivity contribution in [3.63, 3.8) is 0 Å². The molecule has 0 atom stereocenters. The second-order valence-electron chi connectivity index (χ2n) is 1.94. The fourth-order valence-electron chi connectivity index (χ4n) is 0.733. The van der Waals surface area contributed by atoms with Crippen LogP contribution in [0.5, 0.6) is 0 Å². The van der Waals surface area contributed by atoms with Gasteiger partial charge in [-0.05, 0) is 16.9 Å². The molecular weight excluding hydrogens is 179 g/mol. The van der Waals surface area contributed by atoms with Crippen LogP contribution in [-0.4, -0.2) is 5.03 Å². The number of nitrogens with zero attached hydrogens (tertiary/aromatic N) is 2. The summed E-state index contributed by atoms with van der Waals surface area (Å²) in [6.45, 7) is 0. The van der Waals surface area contributed by atoms with E-state index in [4.69, 9.17) is 0 Å². The Hall–Kier alpha value is -1.48. The number of anilines is 1. The van der Waals surface area contributed by atoms with Crippen molar-refractivity contribution in [2.75, 3.05) is 4.78 Å². The molecule has 0 bridgehead atoms. The first-order chi connectivity index (χ1) is 5.75. The van der Waals surface area contributed by atoms with Gasteiger partial charge >= 0.3 is 8.61 Å². The summed E-state index contributed by atoms with van der Waals surface area (Å²) >= 11 is 0. The molecule has 0 heterocycles. The molecule has 1 rings (SSSR count). The highest BCUT2D eigenvalue weighted by Crippen LogP contribution is 2.19. The van der Waals surface area contributed by atoms with Crippen LogP contribution in [0.25, 0.3) is 0 Å². The summed E-state index contributed by atoms with van der Waals surface area (Å²) in [4.78, 5) is 10.3. The van der Waals surface area contributed by atoms with E-state index in [1.807, 2.05) is 0 Å². The molecule has 0 aliphatic heterocycles. The van der Waals surface area contributed by atoms with Gasteiger partial charge in [0.15, 0.2) is 5.03 Å². The Morgan fingerprint density at radius 2 is 1.92 bits per heavy atom. The first-order valence-corrected chi connectivity index (χ1v) is 3.85. The van der Waals surface area contributed by atoms with Gasteiger partial charge in [-0.15, -0.1) is 0 Å². The van der Waals surface area contributed by atoms with Crippen molar-refractivity contribution in [3.8, 4) is 0 Å². The zero-order valence-corrected chi connectivity index (χ0v) is 6.85. The van der Waals surface area contributed by atoms with Crippen LogP contribution < -0.4 is 4.78 Å². The lowest BCUT2D eigenvalue weighted by atomic mass is 10.3. The normalized spacial score (nSPS) is 9.67. The highest BCUT2D eigenvalue weighted by atomic mass is 31.1. The molecule has 0 aromatic heterocycles. The maximum atomic E-state index is 10.3. The van der Waals surface area contributed by atoms with Gasteiger partial charge in [-0.1, -0.05) is 18.2 Å². The maximum Gasteiger partial charge on any atom is 0.350 e. The minimum absolute atomic E-state index is 0.291. The smallest absolute Gasteiger partial charge is 0.243 e. The van der Waals surface area contributed by atoms with Crippen molar-refractivity contribution in [2.24, 2.45) is 0 Å². The Bertz CT molecular complexity index is 290. The molecule has 0 aliphatic carbocycles. The number of hydrogen-bond donors (Lipinski definition) is 0.